The van der Waals surface area contributed by atoms with Crippen LogP contribution in [0.15, 0.2) is 66.7 Å². The van der Waals surface area contributed by atoms with Crippen LogP contribution in [0.1, 0.15) is 5.56 Å². The molecule has 0 aliphatic rings. The van der Waals surface area contributed by atoms with Crippen molar-refractivity contribution in [2.24, 2.45) is 0 Å². The summed E-state index contributed by atoms with van der Waals surface area (Å²) in [7, 11) is 0. The Morgan fingerprint density at radius 2 is 1.55 bits per heavy atom. The van der Waals surface area contributed by atoms with Crippen molar-refractivity contribution >= 4 is 45.8 Å². The molecule has 1 unspecified atom stereocenters. The minimum Gasteiger partial charge on any atom is -0.491 e. The van der Waals surface area contributed by atoms with Crippen LogP contribution in [0.4, 0.5) is 0 Å². The van der Waals surface area contributed by atoms with Gasteiger partial charge in [-0.2, -0.15) is 0 Å². The lowest BCUT2D eigenvalue weighted by Crippen LogP contribution is -2.31. The molecule has 0 fully saturated rings. The van der Waals surface area contributed by atoms with Gasteiger partial charge < -0.3 is 19.0 Å². The van der Waals surface area contributed by atoms with Crippen molar-refractivity contribution in [3.05, 3.63) is 93.0 Å². The largest absolute Gasteiger partial charge is 0.491 e. The molecule has 3 aromatic carbocycles. The lowest BCUT2D eigenvalue weighted by molar-refractivity contribution is 0.0921. The highest BCUT2D eigenvalue weighted by atomic mass is 35.5. The lowest BCUT2D eigenvalue weighted by Gasteiger charge is -2.14. The molecule has 4 aromatic rings. The van der Waals surface area contributed by atoms with E-state index in [2.05, 4.69) is 0 Å². The summed E-state index contributed by atoms with van der Waals surface area (Å²) in [6.07, 6.45) is -0.821. The van der Waals surface area contributed by atoms with Gasteiger partial charge in [0.15, 0.2) is 0 Å². The summed E-state index contributed by atoms with van der Waals surface area (Å²) in [4.78, 5) is 0. The molecular weight excluding hydrogens is 457 g/mol. The highest BCUT2D eigenvalue weighted by molar-refractivity contribution is 6.42. The lowest BCUT2D eigenvalue weighted by atomic mass is 10.2. The molecule has 1 heterocycles. The molecule has 0 amide bonds. The fraction of sp³-hybridized carbons (Fsp3) is 0.174. The Morgan fingerprint density at radius 1 is 0.871 bits per heavy atom. The first-order chi connectivity index (χ1) is 14.9. The highest BCUT2D eigenvalue weighted by Gasteiger charge is 2.15. The van der Waals surface area contributed by atoms with Crippen LogP contribution in [-0.2, 0) is 13.1 Å². The number of aliphatic hydroxyl groups excluding tert-OH is 1. The topological polar surface area (TPSA) is 63.2 Å². The summed E-state index contributed by atoms with van der Waals surface area (Å²) < 4.78 is 9.35. The predicted octanol–water partition coefficient (Wildman–Crippen LogP) is 5.37. The zero-order valence-corrected chi connectivity index (χ0v) is 18.7. The minimum atomic E-state index is -0.821. The smallest absolute Gasteiger partial charge is 0.203 e. The van der Waals surface area contributed by atoms with Gasteiger partial charge in [-0.05, 0) is 42.0 Å². The van der Waals surface area contributed by atoms with Crippen molar-refractivity contribution in [3.63, 3.8) is 0 Å². The number of aromatic nitrogens is 2. The van der Waals surface area contributed by atoms with E-state index in [0.29, 0.717) is 33.0 Å². The zero-order chi connectivity index (χ0) is 22.0. The van der Waals surface area contributed by atoms with Crippen molar-refractivity contribution in [2.75, 3.05) is 6.61 Å². The van der Waals surface area contributed by atoms with Gasteiger partial charge in [-0.3, -0.25) is 5.41 Å². The molecule has 0 spiro atoms. The minimum absolute atomic E-state index is 0.0566. The van der Waals surface area contributed by atoms with E-state index in [1.165, 1.54) is 0 Å². The molecule has 1 atom stereocenters. The molecule has 0 bridgehead atoms. The maximum Gasteiger partial charge on any atom is 0.203 e. The van der Waals surface area contributed by atoms with Gasteiger partial charge in [-0.1, -0.05) is 59.1 Å². The van der Waals surface area contributed by atoms with Gasteiger partial charge >= 0.3 is 0 Å². The number of nitrogens with zero attached hydrogens (tertiary/aromatic N) is 2. The average Bonchev–Trinajstić information content (AvgIpc) is 3.02. The molecule has 160 valence electrons. The summed E-state index contributed by atoms with van der Waals surface area (Å²) in [6.45, 7) is 0.800. The second-order valence-electron chi connectivity index (χ2n) is 7.18. The van der Waals surface area contributed by atoms with Crippen molar-refractivity contribution in [1.29, 1.82) is 5.41 Å². The summed E-state index contributed by atoms with van der Waals surface area (Å²) >= 11 is 17.9. The molecule has 2 N–H and O–H groups in total. The quantitative estimate of drug-likeness (QED) is 0.377. The molecule has 1 aromatic heterocycles. The van der Waals surface area contributed by atoms with Gasteiger partial charge in [-0.15, -0.1) is 0 Å². The van der Waals surface area contributed by atoms with E-state index in [1.807, 2.05) is 53.1 Å². The number of fused-ring (bicyclic) bond motifs is 1. The average molecular weight is 477 g/mol. The third-order valence-corrected chi connectivity index (χ3v) is 5.95. The van der Waals surface area contributed by atoms with E-state index in [9.17, 15) is 5.11 Å². The van der Waals surface area contributed by atoms with E-state index in [0.717, 1.165) is 16.6 Å². The van der Waals surface area contributed by atoms with Crippen LogP contribution in [0.25, 0.3) is 11.0 Å². The second-order valence-corrected chi connectivity index (χ2v) is 8.43. The zero-order valence-electron chi connectivity index (χ0n) is 16.4. The van der Waals surface area contributed by atoms with E-state index in [4.69, 9.17) is 44.9 Å². The molecular formula is C23H20Cl3N3O2. The van der Waals surface area contributed by atoms with Gasteiger partial charge in [0.05, 0.1) is 34.2 Å². The van der Waals surface area contributed by atoms with Crippen molar-refractivity contribution in [1.82, 2.24) is 9.13 Å². The van der Waals surface area contributed by atoms with E-state index in [-0.39, 0.29) is 13.2 Å². The van der Waals surface area contributed by atoms with Gasteiger partial charge in [0.1, 0.15) is 18.5 Å². The maximum atomic E-state index is 10.6. The number of ether oxygens (including phenoxy) is 1. The number of nitrogens with one attached hydrogen (secondary N) is 1. The Balaban J connectivity index is 1.55. The Kier molecular flexibility index (Phi) is 6.58. The first-order valence-corrected chi connectivity index (χ1v) is 10.8. The molecule has 0 saturated heterocycles. The number of hydrogen-bond donors (Lipinski definition) is 2. The van der Waals surface area contributed by atoms with Crippen LogP contribution in [0, 0.1) is 5.41 Å². The second kappa shape index (κ2) is 9.37. The Bertz CT molecular complexity index is 1270. The fourth-order valence-electron chi connectivity index (χ4n) is 3.43. The number of imidazole rings is 1. The van der Waals surface area contributed by atoms with E-state index >= 15 is 0 Å². The molecule has 31 heavy (non-hydrogen) atoms. The fourth-order valence-corrected chi connectivity index (χ4v) is 3.85. The van der Waals surface area contributed by atoms with Crippen molar-refractivity contribution in [2.45, 2.75) is 19.2 Å². The number of benzene rings is 3. The molecule has 0 radical (unpaired) electrons. The van der Waals surface area contributed by atoms with Gasteiger partial charge in [0.2, 0.25) is 5.62 Å². The molecule has 0 saturated carbocycles. The molecule has 4 rings (SSSR count). The van der Waals surface area contributed by atoms with Crippen molar-refractivity contribution < 1.29 is 9.84 Å². The van der Waals surface area contributed by atoms with Crippen molar-refractivity contribution in [3.8, 4) is 5.75 Å². The Morgan fingerprint density at radius 3 is 2.23 bits per heavy atom. The normalized spacial score (nSPS) is 12.3. The van der Waals surface area contributed by atoms with Gasteiger partial charge in [-0.25, -0.2) is 0 Å². The van der Waals surface area contributed by atoms with E-state index < -0.39 is 6.10 Å². The standard InChI is InChI=1S/C23H20Cl3N3O2/c24-16-7-5-15(6-8-16)12-28-21-3-1-2-4-22(21)29(23(28)27)13-17(30)14-31-18-9-10-19(25)20(26)11-18/h1-11,17,27,30H,12-14H2. The first-order valence-electron chi connectivity index (χ1n) is 9.65. The summed E-state index contributed by atoms with van der Waals surface area (Å²) in [5, 5.41) is 20.8. The summed E-state index contributed by atoms with van der Waals surface area (Å²) in [6, 6.07) is 20.3. The van der Waals surface area contributed by atoms with Crippen LogP contribution < -0.4 is 10.4 Å². The van der Waals surface area contributed by atoms with Crippen LogP contribution in [0.5, 0.6) is 5.75 Å². The summed E-state index contributed by atoms with van der Waals surface area (Å²) in [5.41, 5.74) is 3.12. The van der Waals surface area contributed by atoms with E-state index in [1.54, 1.807) is 22.8 Å². The number of aliphatic hydroxyl groups is 1. The molecule has 5 nitrogen and oxygen atoms in total. The third-order valence-electron chi connectivity index (χ3n) is 4.96. The summed E-state index contributed by atoms with van der Waals surface area (Å²) in [5.74, 6) is 0.523. The monoisotopic (exact) mass is 475 g/mol. The van der Waals surface area contributed by atoms with Crippen LogP contribution in [-0.4, -0.2) is 27.0 Å². The third kappa shape index (κ3) is 4.91. The number of halogens is 3. The van der Waals surface area contributed by atoms with Crippen LogP contribution >= 0.6 is 34.8 Å². The highest BCUT2D eigenvalue weighted by Crippen LogP contribution is 2.26. The predicted molar refractivity (Wildman–Crippen MR) is 124 cm³/mol. The van der Waals surface area contributed by atoms with Gasteiger partial charge in [0.25, 0.3) is 0 Å². The molecule has 8 heteroatoms. The number of rotatable bonds is 7. The van der Waals surface area contributed by atoms with Gasteiger partial charge in [0, 0.05) is 11.1 Å². The maximum absolute atomic E-state index is 10.6. The van der Waals surface area contributed by atoms with Crippen LogP contribution in [0.2, 0.25) is 15.1 Å². The Labute approximate surface area is 194 Å². The SMILES string of the molecule is N=c1n(Cc2ccc(Cl)cc2)c2ccccc2n1CC(O)COc1ccc(Cl)c(Cl)c1. The van der Waals surface area contributed by atoms with Crippen LogP contribution in [0.3, 0.4) is 0 Å². The first kappa shape index (κ1) is 21.8. The Hall–Kier alpha value is -2.44. The molecule has 0 aliphatic carbocycles. The number of para-hydroxylation sites is 2. The molecule has 0 aliphatic heterocycles. The number of hydrogen-bond acceptors (Lipinski definition) is 3.